The highest BCUT2D eigenvalue weighted by atomic mass is 32.2. The van der Waals surface area contributed by atoms with Gasteiger partial charge in [-0.15, -0.1) is 5.10 Å². The first kappa shape index (κ1) is 10.0. The summed E-state index contributed by atoms with van der Waals surface area (Å²) in [6, 6.07) is 7.09. The summed E-state index contributed by atoms with van der Waals surface area (Å²) in [5.74, 6) is 0.225. The number of phenols is 1. The van der Waals surface area contributed by atoms with Gasteiger partial charge in [-0.2, -0.15) is 4.52 Å². The molecular formula is C10H7N5OS. The fraction of sp³-hybridized carbons (Fsp3) is 0. The summed E-state index contributed by atoms with van der Waals surface area (Å²) in [5.41, 5.74) is 0.574. The number of rotatable bonds is 2. The SMILES string of the molecule is Oc1ccccc1Sc1cncc2nnnn12. The van der Waals surface area contributed by atoms with Gasteiger partial charge in [-0.3, -0.25) is 4.98 Å². The maximum absolute atomic E-state index is 9.69. The smallest absolute Gasteiger partial charge is 0.198 e. The van der Waals surface area contributed by atoms with E-state index in [4.69, 9.17) is 0 Å². The van der Waals surface area contributed by atoms with Crippen LogP contribution in [0, 0.1) is 0 Å². The molecule has 0 unspecified atom stereocenters. The molecule has 0 spiro atoms. The molecule has 0 amide bonds. The molecule has 0 fully saturated rings. The molecule has 7 heteroatoms. The summed E-state index contributed by atoms with van der Waals surface area (Å²) >= 11 is 1.36. The molecule has 0 bridgehead atoms. The number of aromatic nitrogens is 5. The van der Waals surface area contributed by atoms with Crippen LogP contribution >= 0.6 is 11.8 Å². The number of hydrogen-bond donors (Lipinski definition) is 1. The van der Waals surface area contributed by atoms with Gasteiger partial charge in [0.05, 0.1) is 17.3 Å². The van der Waals surface area contributed by atoms with Gasteiger partial charge in [0.25, 0.3) is 0 Å². The van der Waals surface area contributed by atoms with Crippen LogP contribution in [0.3, 0.4) is 0 Å². The molecule has 0 aliphatic heterocycles. The Balaban J connectivity index is 2.06. The molecule has 17 heavy (non-hydrogen) atoms. The molecular weight excluding hydrogens is 238 g/mol. The number of benzene rings is 1. The first-order valence-corrected chi connectivity index (χ1v) is 5.64. The average molecular weight is 245 g/mol. The topological polar surface area (TPSA) is 76.2 Å². The largest absolute Gasteiger partial charge is 0.507 e. The number of phenolic OH excluding ortho intramolecular Hbond substituents is 1. The third kappa shape index (κ3) is 1.80. The predicted octanol–water partition coefficient (Wildman–Crippen LogP) is 1.38. The molecule has 0 atom stereocenters. The quantitative estimate of drug-likeness (QED) is 0.735. The third-order valence-electron chi connectivity index (χ3n) is 2.16. The Morgan fingerprint density at radius 2 is 2.06 bits per heavy atom. The standard InChI is InChI=1S/C10H7N5OS/c16-7-3-1-2-4-8(7)17-10-6-11-5-9-12-13-14-15(9)10/h1-6,16H. The number of aromatic hydroxyl groups is 1. The van der Waals surface area contributed by atoms with Crippen LogP contribution in [-0.2, 0) is 0 Å². The van der Waals surface area contributed by atoms with Gasteiger partial charge in [-0.25, -0.2) is 0 Å². The highest BCUT2D eigenvalue weighted by Gasteiger charge is 2.08. The molecule has 6 nitrogen and oxygen atoms in total. The minimum Gasteiger partial charge on any atom is -0.507 e. The first-order valence-electron chi connectivity index (χ1n) is 4.82. The molecule has 3 rings (SSSR count). The molecule has 0 saturated carbocycles. The van der Waals surface area contributed by atoms with Gasteiger partial charge in [0.1, 0.15) is 10.8 Å². The second-order valence-corrected chi connectivity index (χ2v) is 4.33. The van der Waals surface area contributed by atoms with Crippen molar-refractivity contribution in [1.29, 1.82) is 0 Å². The summed E-state index contributed by atoms with van der Waals surface area (Å²) in [7, 11) is 0. The molecule has 0 saturated heterocycles. The maximum Gasteiger partial charge on any atom is 0.198 e. The zero-order chi connectivity index (χ0) is 11.7. The van der Waals surface area contributed by atoms with Crippen LogP contribution in [0.2, 0.25) is 0 Å². The summed E-state index contributed by atoms with van der Waals surface area (Å²) in [6.07, 6.45) is 3.23. The van der Waals surface area contributed by atoms with Crippen LogP contribution in [0.4, 0.5) is 0 Å². The molecule has 0 aliphatic carbocycles. The van der Waals surface area contributed by atoms with Crippen molar-refractivity contribution >= 4 is 17.4 Å². The van der Waals surface area contributed by atoms with Crippen LogP contribution < -0.4 is 0 Å². The second-order valence-electron chi connectivity index (χ2n) is 3.26. The molecule has 0 aliphatic rings. The molecule has 0 radical (unpaired) electrons. The van der Waals surface area contributed by atoms with Crippen molar-refractivity contribution in [2.24, 2.45) is 0 Å². The third-order valence-corrected chi connectivity index (χ3v) is 3.21. The van der Waals surface area contributed by atoms with Crippen molar-refractivity contribution in [3.05, 3.63) is 36.7 Å². The summed E-state index contributed by atoms with van der Waals surface area (Å²) in [5, 5.41) is 21.7. The first-order chi connectivity index (χ1) is 8.34. The maximum atomic E-state index is 9.69. The predicted molar refractivity (Wildman–Crippen MR) is 60.8 cm³/mol. The van der Waals surface area contributed by atoms with E-state index in [0.717, 1.165) is 9.92 Å². The summed E-state index contributed by atoms with van der Waals surface area (Å²) in [4.78, 5) is 4.78. The zero-order valence-corrected chi connectivity index (χ0v) is 9.37. The molecule has 2 heterocycles. The second kappa shape index (κ2) is 4.02. The van der Waals surface area contributed by atoms with E-state index >= 15 is 0 Å². The Labute approximate surface area is 100 Å². The van der Waals surface area contributed by atoms with Gasteiger partial charge in [0.2, 0.25) is 0 Å². The normalized spacial score (nSPS) is 10.8. The summed E-state index contributed by atoms with van der Waals surface area (Å²) in [6.45, 7) is 0. The van der Waals surface area contributed by atoms with Crippen molar-refractivity contribution in [1.82, 2.24) is 25.0 Å². The zero-order valence-electron chi connectivity index (χ0n) is 8.56. The highest BCUT2D eigenvalue weighted by Crippen LogP contribution is 2.33. The van der Waals surface area contributed by atoms with Gasteiger partial charge in [-0.05, 0) is 22.6 Å². The highest BCUT2D eigenvalue weighted by molar-refractivity contribution is 7.99. The Hall–Kier alpha value is -2.15. The fourth-order valence-corrected chi connectivity index (χ4v) is 2.25. The van der Waals surface area contributed by atoms with Crippen molar-refractivity contribution in [2.45, 2.75) is 9.92 Å². The summed E-state index contributed by atoms with van der Waals surface area (Å²) < 4.78 is 1.57. The van der Waals surface area contributed by atoms with Crippen LogP contribution in [0.1, 0.15) is 0 Å². The van der Waals surface area contributed by atoms with Crippen LogP contribution in [0.5, 0.6) is 5.75 Å². The molecule has 1 aromatic carbocycles. The number of fused-ring (bicyclic) bond motifs is 1. The van der Waals surface area contributed by atoms with E-state index in [1.807, 2.05) is 12.1 Å². The lowest BCUT2D eigenvalue weighted by molar-refractivity contribution is 0.462. The lowest BCUT2D eigenvalue weighted by Crippen LogP contribution is -1.93. The van der Waals surface area contributed by atoms with Crippen LogP contribution in [-0.4, -0.2) is 30.1 Å². The van der Waals surface area contributed by atoms with E-state index in [1.54, 1.807) is 29.0 Å². The van der Waals surface area contributed by atoms with Crippen molar-refractivity contribution < 1.29 is 5.11 Å². The molecule has 2 aromatic heterocycles. The lowest BCUT2D eigenvalue weighted by atomic mass is 10.3. The fourth-order valence-electron chi connectivity index (χ4n) is 1.38. The van der Waals surface area contributed by atoms with Gasteiger partial charge in [-0.1, -0.05) is 23.9 Å². The molecule has 1 N–H and O–H groups in total. The van der Waals surface area contributed by atoms with Gasteiger partial charge < -0.3 is 5.11 Å². The average Bonchev–Trinajstić information content (AvgIpc) is 2.81. The lowest BCUT2D eigenvalue weighted by Gasteiger charge is -2.03. The van der Waals surface area contributed by atoms with E-state index < -0.39 is 0 Å². The monoisotopic (exact) mass is 245 g/mol. The van der Waals surface area contributed by atoms with Crippen LogP contribution in [0.25, 0.3) is 5.65 Å². The van der Waals surface area contributed by atoms with E-state index in [2.05, 4.69) is 20.5 Å². The number of para-hydroxylation sites is 1. The van der Waals surface area contributed by atoms with Crippen LogP contribution in [0.15, 0.2) is 46.6 Å². The minimum atomic E-state index is 0.225. The van der Waals surface area contributed by atoms with Crippen molar-refractivity contribution in [3.63, 3.8) is 0 Å². The van der Waals surface area contributed by atoms with Gasteiger partial charge >= 0.3 is 0 Å². The number of hydrogen-bond acceptors (Lipinski definition) is 6. The van der Waals surface area contributed by atoms with E-state index in [0.29, 0.717) is 5.65 Å². The number of tetrazole rings is 1. The Bertz CT molecular complexity index is 668. The van der Waals surface area contributed by atoms with E-state index in [-0.39, 0.29) is 5.75 Å². The Morgan fingerprint density at radius 3 is 2.94 bits per heavy atom. The van der Waals surface area contributed by atoms with E-state index in [9.17, 15) is 5.11 Å². The van der Waals surface area contributed by atoms with Crippen molar-refractivity contribution in [2.75, 3.05) is 0 Å². The van der Waals surface area contributed by atoms with Gasteiger partial charge in [0, 0.05) is 0 Å². The van der Waals surface area contributed by atoms with E-state index in [1.165, 1.54) is 11.8 Å². The molecule has 84 valence electrons. The van der Waals surface area contributed by atoms with Gasteiger partial charge in [0.15, 0.2) is 5.65 Å². The Kier molecular flexibility index (Phi) is 2.37. The van der Waals surface area contributed by atoms with Crippen molar-refractivity contribution in [3.8, 4) is 5.75 Å². The molecule has 3 aromatic rings. The number of nitrogens with zero attached hydrogens (tertiary/aromatic N) is 5. The minimum absolute atomic E-state index is 0.225. The Morgan fingerprint density at radius 1 is 1.18 bits per heavy atom.